The molecule has 188 valence electrons. The van der Waals surface area contributed by atoms with Crippen molar-refractivity contribution in [2.45, 2.75) is 57.7 Å². The molecule has 0 saturated carbocycles. The van der Waals surface area contributed by atoms with E-state index in [2.05, 4.69) is 25.7 Å². The maximum Gasteiger partial charge on any atom is 0.286 e. The Morgan fingerprint density at radius 3 is 2.54 bits per heavy atom. The molecule has 0 bridgehead atoms. The predicted molar refractivity (Wildman–Crippen MR) is 140 cm³/mol. The number of thioether (sulfide) groups is 1. The van der Waals surface area contributed by atoms with Crippen molar-refractivity contribution in [1.82, 2.24) is 5.32 Å². The zero-order valence-electron chi connectivity index (χ0n) is 20.3. The van der Waals surface area contributed by atoms with Gasteiger partial charge in [0.1, 0.15) is 18.5 Å². The smallest absolute Gasteiger partial charge is 0.286 e. The van der Waals surface area contributed by atoms with Gasteiger partial charge in [-0.1, -0.05) is 74.5 Å². The van der Waals surface area contributed by atoms with E-state index >= 15 is 0 Å². The Morgan fingerprint density at radius 2 is 1.91 bits per heavy atom. The molecule has 35 heavy (non-hydrogen) atoms. The van der Waals surface area contributed by atoms with E-state index in [4.69, 9.17) is 25.8 Å². The van der Waals surface area contributed by atoms with Crippen LogP contribution in [0.2, 0.25) is 5.02 Å². The Kier molecular flexibility index (Phi) is 10.1. The number of amides is 2. The number of rotatable bonds is 13. The summed E-state index contributed by atoms with van der Waals surface area (Å²) in [5.41, 5.74) is 1.83. The van der Waals surface area contributed by atoms with Gasteiger partial charge in [0.2, 0.25) is 5.91 Å². The number of ether oxygens (including phenoxy) is 3. The summed E-state index contributed by atoms with van der Waals surface area (Å²) in [6.07, 6.45) is 1.60. The average Bonchev–Trinajstić information content (AvgIpc) is 3.14. The topological polar surface area (TPSA) is 73.9 Å². The van der Waals surface area contributed by atoms with Crippen molar-refractivity contribution in [1.29, 1.82) is 0 Å². The fraction of sp³-hybridized carbons (Fsp3) is 0.407. The molecule has 8 heteroatoms. The second kappa shape index (κ2) is 13.0. The van der Waals surface area contributed by atoms with E-state index in [-0.39, 0.29) is 23.7 Å². The maximum absolute atomic E-state index is 11.8. The lowest BCUT2D eigenvalue weighted by molar-refractivity contribution is -0.152. The number of carbonyl (C=O) groups excluding carboxylic acids is 2. The van der Waals surface area contributed by atoms with Gasteiger partial charge in [0.15, 0.2) is 6.29 Å². The quantitative estimate of drug-likeness (QED) is 0.236. The van der Waals surface area contributed by atoms with E-state index in [1.807, 2.05) is 55.5 Å². The molecule has 6 nitrogen and oxygen atoms in total. The lowest BCUT2D eigenvalue weighted by Gasteiger charge is -2.26. The number of hydrogen-bond acceptors (Lipinski definition) is 6. The van der Waals surface area contributed by atoms with Crippen LogP contribution in [0.25, 0.3) is 0 Å². The van der Waals surface area contributed by atoms with Gasteiger partial charge in [0.05, 0.1) is 11.0 Å². The minimum atomic E-state index is -0.519. The van der Waals surface area contributed by atoms with Crippen LogP contribution in [0.3, 0.4) is 0 Å². The number of carbonyl (C=O) groups is 2. The highest BCUT2D eigenvalue weighted by Gasteiger charge is 2.31. The molecule has 1 aliphatic heterocycles. The maximum atomic E-state index is 11.8. The molecule has 0 aromatic heterocycles. The van der Waals surface area contributed by atoms with Crippen molar-refractivity contribution in [2.75, 3.05) is 6.61 Å². The van der Waals surface area contributed by atoms with E-state index in [0.29, 0.717) is 23.0 Å². The zero-order chi connectivity index (χ0) is 25.4. The minimum Gasteiger partial charge on any atom is -0.491 e. The van der Waals surface area contributed by atoms with Gasteiger partial charge in [-0.3, -0.25) is 14.9 Å². The summed E-state index contributed by atoms with van der Waals surface area (Å²) in [7, 11) is 0. The molecule has 0 radical (unpaired) electrons. The first-order valence-electron chi connectivity index (χ1n) is 11.7. The van der Waals surface area contributed by atoms with Gasteiger partial charge < -0.3 is 14.2 Å². The fourth-order valence-electron chi connectivity index (χ4n) is 3.74. The van der Waals surface area contributed by atoms with Crippen molar-refractivity contribution in [3.05, 3.63) is 77.0 Å². The molecule has 1 aliphatic rings. The highest BCUT2D eigenvalue weighted by atomic mass is 35.5. The summed E-state index contributed by atoms with van der Waals surface area (Å²) in [6.45, 7) is 10.4. The summed E-state index contributed by atoms with van der Waals surface area (Å²) >= 11 is 7.24. The third-order valence-electron chi connectivity index (χ3n) is 5.68. The van der Waals surface area contributed by atoms with Crippen LogP contribution in [-0.2, 0) is 20.7 Å². The fourth-order valence-corrected chi connectivity index (χ4v) is 4.80. The summed E-state index contributed by atoms with van der Waals surface area (Å²) in [6, 6.07) is 15.0. The van der Waals surface area contributed by atoms with E-state index in [0.717, 1.165) is 35.7 Å². The van der Waals surface area contributed by atoms with Crippen LogP contribution >= 0.6 is 23.4 Å². The van der Waals surface area contributed by atoms with Gasteiger partial charge in [-0.2, -0.15) is 0 Å². The van der Waals surface area contributed by atoms with Crippen LogP contribution in [-0.4, -0.2) is 29.3 Å². The standard InChI is InChI=1S/C27H32ClNO5S/c1-5-7-17(2)18(3)33-19(4)34-24(21-8-6-9-22(28)15-21)16-32-23-12-10-20(11-13-23)14-25-26(30)29-27(31)35-25/h6,8-13,15,17,19,24-25H,3,5,7,14,16H2,1-2,4H3,(H,29,30,31). The monoisotopic (exact) mass is 517 g/mol. The van der Waals surface area contributed by atoms with Crippen molar-refractivity contribution in [3.8, 4) is 5.75 Å². The summed E-state index contributed by atoms with van der Waals surface area (Å²) in [4.78, 5) is 23.2. The Bertz CT molecular complexity index is 1030. The Hall–Kier alpha value is -2.48. The van der Waals surface area contributed by atoms with Gasteiger partial charge in [-0.25, -0.2) is 0 Å². The SMILES string of the molecule is C=C(OC(C)OC(COc1ccc(CC2SC(=O)NC2=O)cc1)c1cccc(Cl)c1)C(C)CCC. The number of benzene rings is 2. The Morgan fingerprint density at radius 1 is 1.17 bits per heavy atom. The molecule has 2 aromatic carbocycles. The summed E-state index contributed by atoms with van der Waals surface area (Å²) < 4.78 is 18.2. The number of halogens is 1. The van der Waals surface area contributed by atoms with Crippen LogP contribution in [0, 0.1) is 5.92 Å². The predicted octanol–water partition coefficient (Wildman–Crippen LogP) is 6.68. The third-order valence-corrected chi connectivity index (χ3v) is 6.89. The zero-order valence-corrected chi connectivity index (χ0v) is 21.9. The normalized spacial score (nSPS) is 18.0. The van der Waals surface area contributed by atoms with Crippen LogP contribution in [0.4, 0.5) is 4.79 Å². The van der Waals surface area contributed by atoms with E-state index < -0.39 is 17.6 Å². The molecule has 0 spiro atoms. The van der Waals surface area contributed by atoms with Crippen molar-refractivity contribution in [3.63, 3.8) is 0 Å². The van der Waals surface area contributed by atoms with E-state index in [9.17, 15) is 9.59 Å². The minimum absolute atomic E-state index is 0.245. The van der Waals surface area contributed by atoms with Gasteiger partial charge in [-0.05, 0) is 55.2 Å². The van der Waals surface area contributed by atoms with Crippen LogP contribution < -0.4 is 10.1 Å². The average molecular weight is 518 g/mol. The highest BCUT2D eigenvalue weighted by molar-refractivity contribution is 8.15. The molecule has 1 heterocycles. The number of allylic oxidation sites excluding steroid dienone is 1. The second-order valence-electron chi connectivity index (χ2n) is 8.56. The first-order chi connectivity index (χ1) is 16.7. The van der Waals surface area contributed by atoms with Crippen LogP contribution in [0.5, 0.6) is 5.75 Å². The summed E-state index contributed by atoms with van der Waals surface area (Å²) in [5.74, 6) is 1.37. The highest BCUT2D eigenvalue weighted by Crippen LogP contribution is 2.27. The van der Waals surface area contributed by atoms with Crippen molar-refractivity contribution < 1.29 is 23.8 Å². The first-order valence-corrected chi connectivity index (χ1v) is 13.0. The molecule has 0 aliphatic carbocycles. The largest absolute Gasteiger partial charge is 0.491 e. The molecule has 1 fully saturated rings. The molecule has 2 aromatic rings. The summed E-state index contributed by atoms with van der Waals surface area (Å²) in [5, 5.41) is 2.23. The van der Waals surface area contributed by atoms with Gasteiger partial charge >= 0.3 is 0 Å². The third kappa shape index (κ3) is 8.30. The number of nitrogens with one attached hydrogen (secondary N) is 1. The molecule has 1 saturated heterocycles. The van der Waals surface area contributed by atoms with E-state index in [1.54, 1.807) is 0 Å². The first kappa shape index (κ1) is 27.1. The van der Waals surface area contributed by atoms with Crippen LogP contribution in [0.1, 0.15) is 50.8 Å². The molecule has 4 atom stereocenters. The lowest BCUT2D eigenvalue weighted by atomic mass is 10.1. The molecule has 4 unspecified atom stereocenters. The van der Waals surface area contributed by atoms with Crippen LogP contribution in [0.15, 0.2) is 60.9 Å². The van der Waals surface area contributed by atoms with Gasteiger partial charge in [0.25, 0.3) is 5.24 Å². The number of imide groups is 1. The molecular weight excluding hydrogens is 486 g/mol. The Labute approximate surface area is 216 Å². The number of hydrogen-bond donors (Lipinski definition) is 1. The Balaban J connectivity index is 1.61. The van der Waals surface area contributed by atoms with Crippen molar-refractivity contribution in [2.24, 2.45) is 5.92 Å². The lowest BCUT2D eigenvalue weighted by Crippen LogP contribution is -2.25. The molecule has 1 N–H and O–H groups in total. The van der Waals surface area contributed by atoms with Gasteiger partial charge in [0, 0.05) is 10.9 Å². The van der Waals surface area contributed by atoms with Crippen molar-refractivity contribution >= 4 is 34.5 Å². The molecule has 2 amide bonds. The second-order valence-corrected chi connectivity index (χ2v) is 10.2. The molecule has 3 rings (SSSR count). The van der Waals surface area contributed by atoms with E-state index in [1.165, 1.54) is 0 Å². The molecular formula is C27H32ClNO5S. The van der Waals surface area contributed by atoms with Gasteiger partial charge in [-0.15, -0.1) is 0 Å².